The number of H-pyrrole nitrogens is 1. The number of rotatable bonds is 1. The maximum Gasteiger partial charge on any atom is 0.347 e. The fourth-order valence-corrected chi connectivity index (χ4v) is 1.12. The molecule has 68 valence electrons. The van der Waals surface area contributed by atoms with Crippen LogP contribution < -0.4 is 5.69 Å². The van der Waals surface area contributed by atoms with Crippen LogP contribution in [0.3, 0.4) is 0 Å². The SMILES string of the molecule is [C-]#[N+]c1ccc(-n2cn[nH]c2=O)cc1. The van der Waals surface area contributed by atoms with E-state index in [-0.39, 0.29) is 5.69 Å². The molecule has 2 rings (SSSR count). The Hall–Kier alpha value is -2.35. The Kier molecular flexibility index (Phi) is 1.88. The van der Waals surface area contributed by atoms with Crippen molar-refractivity contribution in [1.82, 2.24) is 14.8 Å². The largest absolute Gasteiger partial charge is 0.347 e. The van der Waals surface area contributed by atoms with E-state index in [4.69, 9.17) is 6.57 Å². The van der Waals surface area contributed by atoms with E-state index in [0.717, 1.165) is 0 Å². The fourth-order valence-electron chi connectivity index (χ4n) is 1.12. The fraction of sp³-hybridized carbons (Fsp3) is 0. The molecule has 0 fully saturated rings. The summed E-state index contributed by atoms with van der Waals surface area (Å²) >= 11 is 0. The molecule has 14 heavy (non-hydrogen) atoms. The van der Waals surface area contributed by atoms with Gasteiger partial charge in [-0.3, -0.25) is 0 Å². The summed E-state index contributed by atoms with van der Waals surface area (Å²) in [5.41, 5.74) is 0.946. The van der Waals surface area contributed by atoms with Crippen molar-refractivity contribution >= 4 is 5.69 Å². The van der Waals surface area contributed by atoms with Gasteiger partial charge in [0.05, 0.1) is 6.57 Å². The van der Waals surface area contributed by atoms with E-state index in [1.165, 1.54) is 10.9 Å². The molecule has 0 aliphatic carbocycles. The Morgan fingerprint density at radius 2 is 2.07 bits per heavy atom. The highest BCUT2D eigenvalue weighted by Gasteiger charge is 1.99. The van der Waals surface area contributed by atoms with Gasteiger partial charge in [0.1, 0.15) is 6.33 Å². The summed E-state index contributed by atoms with van der Waals surface area (Å²) in [6.07, 6.45) is 1.40. The first-order chi connectivity index (χ1) is 6.81. The lowest BCUT2D eigenvalue weighted by Crippen LogP contribution is -2.13. The predicted molar refractivity (Wildman–Crippen MR) is 50.4 cm³/mol. The molecule has 1 heterocycles. The van der Waals surface area contributed by atoms with Crippen molar-refractivity contribution in [3.05, 3.63) is 52.5 Å². The third-order valence-electron chi connectivity index (χ3n) is 1.81. The molecule has 0 atom stereocenters. The van der Waals surface area contributed by atoms with Crippen LogP contribution in [0.25, 0.3) is 10.5 Å². The number of hydrogen-bond acceptors (Lipinski definition) is 2. The highest BCUT2D eigenvalue weighted by molar-refractivity contribution is 5.49. The van der Waals surface area contributed by atoms with Crippen molar-refractivity contribution in [2.45, 2.75) is 0 Å². The highest BCUT2D eigenvalue weighted by Crippen LogP contribution is 2.13. The van der Waals surface area contributed by atoms with Gasteiger partial charge in [0.15, 0.2) is 5.69 Å². The van der Waals surface area contributed by atoms with Crippen LogP contribution in [0.2, 0.25) is 0 Å². The van der Waals surface area contributed by atoms with E-state index < -0.39 is 0 Å². The molecular formula is C9H6N4O. The Morgan fingerprint density at radius 1 is 1.36 bits per heavy atom. The van der Waals surface area contributed by atoms with Gasteiger partial charge in [0, 0.05) is 5.69 Å². The molecule has 2 aromatic rings. The first-order valence-corrected chi connectivity index (χ1v) is 3.91. The molecule has 5 nitrogen and oxygen atoms in total. The molecule has 0 spiro atoms. The minimum absolute atomic E-state index is 0.291. The van der Waals surface area contributed by atoms with Crippen LogP contribution in [0.15, 0.2) is 35.4 Å². The average Bonchev–Trinajstić information content (AvgIpc) is 2.65. The molecule has 0 saturated heterocycles. The number of aromatic nitrogens is 3. The van der Waals surface area contributed by atoms with Gasteiger partial charge in [-0.05, 0) is 12.1 Å². The molecular weight excluding hydrogens is 180 g/mol. The smallest absolute Gasteiger partial charge is 0.250 e. The summed E-state index contributed by atoms with van der Waals surface area (Å²) in [6.45, 7) is 6.77. The van der Waals surface area contributed by atoms with E-state index >= 15 is 0 Å². The van der Waals surface area contributed by atoms with Crippen molar-refractivity contribution in [2.75, 3.05) is 0 Å². The van der Waals surface area contributed by atoms with Gasteiger partial charge in [-0.15, -0.1) is 0 Å². The van der Waals surface area contributed by atoms with Crippen molar-refractivity contribution in [3.63, 3.8) is 0 Å². The third kappa shape index (κ3) is 1.29. The molecule has 1 N–H and O–H groups in total. The number of aromatic amines is 1. The molecule has 0 unspecified atom stereocenters. The van der Waals surface area contributed by atoms with Gasteiger partial charge in [-0.1, -0.05) is 12.1 Å². The summed E-state index contributed by atoms with van der Waals surface area (Å²) in [5.74, 6) is 0. The molecule has 0 amide bonds. The van der Waals surface area contributed by atoms with Crippen molar-refractivity contribution in [1.29, 1.82) is 0 Å². The lowest BCUT2D eigenvalue weighted by atomic mass is 10.3. The van der Waals surface area contributed by atoms with Gasteiger partial charge >= 0.3 is 5.69 Å². The number of nitrogens with zero attached hydrogens (tertiary/aromatic N) is 3. The zero-order valence-corrected chi connectivity index (χ0v) is 7.14. The van der Waals surface area contributed by atoms with E-state index in [0.29, 0.717) is 11.4 Å². The van der Waals surface area contributed by atoms with Crippen molar-refractivity contribution in [2.24, 2.45) is 0 Å². The van der Waals surface area contributed by atoms with Crippen molar-refractivity contribution < 1.29 is 0 Å². The molecule has 1 aromatic carbocycles. The Morgan fingerprint density at radius 3 is 2.57 bits per heavy atom. The van der Waals surface area contributed by atoms with E-state index in [9.17, 15) is 4.79 Å². The minimum atomic E-state index is -0.291. The van der Waals surface area contributed by atoms with E-state index in [1.807, 2.05) is 0 Å². The number of nitrogens with one attached hydrogen (secondary N) is 1. The zero-order chi connectivity index (χ0) is 9.97. The monoisotopic (exact) mass is 186 g/mol. The normalized spacial score (nSPS) is 9.64. The molecule has 0 aliphatic rings. The minimum Gasteiger partial charge on any atom is -0.250 e. The summed E-state index contributed by atoms with van der Waals surface area (Å²) in [4.78, 5) is 14.4. The lowest BCUT2D eigenvalue weighted by molar-refractivity contribution is 0.983. The van der Waals surface area contributed by atoms with Crippen LogP contribution in [0.5, 0.6) is 0 Å². The van der Waals surface area contributed by atoms with Gasteiger partial charge in [0.25, 0.3) is 0 Å². The first-order valence-electron chi connectivity index (χ1n) is 3.91. The van der Waals surface area contributed by atoms with Crippen molar-refractivity contribution in [3.8, 4) is 5.69 Å². The van der Waals surface area contributed by atoms with Crippen LogP contribution >= 0.6 is 0 Å². The summed E-state index contributed by atoms with van der Waals surface area (Å²) in [7, 11) is 0. The van der Waals surface area contributed by atoms with Crippen LogP contribution in [0.1, 0.15) is 0 Å². The second kappa shape index (κ2) is 3.18. The molecule has 5 heteroatoms. The standard InChI is InChI=1S/C9H6N4O/c1-10-7-2-4-8(5-3-7)13-6-11-12-9(13)14/h2-6H,(H,12,14). The van der Waals surface area contributed by atoms with E-state index in [2.05, 4.69) is 15.0 Å². The Balaban J connectivity index is 2.50. The highest BCUT2D eigenvalue weighted by atomic mass is 16.1. The Bertz CT molecular complexity index is 529. The van der Waals surface area contributed by atoms with Crippen LogP contribution in [-0.4, -0.2) is 14.8 Å². The maximum absolute atomic E-state index is 11.2. The third-order valence-corrected chi connectivity index (χ3v) is 1.81. The number of hydrogen-bond donors (Lipinski definition) is 1. The first kappa shape index (κ1) is 8.26. The predicted octanol–water partition coefficient (Wildman–Crippen LogP) is 1.11. The van der Waals surface area contributed by atoms with Crippen LogP contribution in [-0.2, 0) is 0 Å². The topological polar surface area (TPSA) is 55.0 Å². The Labute approximate surface area is 79.4 Å². The molecule has 0 saturated carbocycles. The lowest BCUT2D eigenvalue weighted by Gasteiger charge is -1.98. The molecule has 0 bridgehead atoms. The second-order valence-corrected chi connectivity index (χ2v) is 2.66. The van der Waals surface area contributed by atoms with Gasteiger partial charge in [-0.2, -0.15) is 5.10 Å². The van der Waals surface area contributed by atoms with Gasteiger partial charge in [-0.25, -0.2) is 19.3 Å². The summed E-state index contributed by atoms with van der Waals surface area (Å²) in [6, 6.07) is 6.71. The van der Waals surface area contributed by atoms with Crippen LogP contribution in [0.4, 0.5) is 5.69 Å². The van der Waals surface area contributed by atoms with Gasteiger partial charge < -0.3 is 0 Å². The molecule has 0 radical (unpaired) electrons. The maximum atomic E-state index is 11.2. The molecule has 0 aliphatic heterocycles. The van der Waals surface area contributed by atoms with Crippen LogP contribution in [0, 0.1) is 6.57 Å². The summed E-state index contributed by atoms with van der Waals surface area (Å²) < 4.78 is 1.37. The van der Waals surface area contributed by atoms with E-state index in [1.54, 1.807) is 24.3 Å². The second-order valence-electron chi connectivity index (χ2n) is 2.66. The molecule has 1 aromatic heterocycles. The number of benzene rings is 1. The average molecular weight is 186 g/mol. The summed E-state index contributed by atoms with van der Waals surface area (Å²) in [5, 5.41) is 5.90. The van der Waals surface area contributed by atoms with Gasteiger partial charge in [0.2, 0.25) is 0 Å². The quantitative estimate of drug-likeness (QED) is 0.678. The zero-order valence-electron chi connectivity index (χ0n) is 7.14.